The lowest BCUT2D eigenvalue weighted by molar-refractivity contribution is -0.384. The standard InChI is InChI=1S/C20H16N4O5/c1-13(22-19(25)14-5-4-6-16(9-14)24(27)28)20(26)29-12-15-11-23-8-3-2-7-18(23)17(15)10-21/h2-9,11,13H,12H2,1H3,(H,22,25)/t13-/m0/s1. The van der Waals surface area contributed by atoms with Gasteiger partial charge in [-0.05, 0) is 25.1 Å². The van der Waals surface area contributed by atoms with Crippen LogP contribution in [0.5, 0.6) is 0 Å². The van der Waals surface area contributed by atoms with Crippen LogP contribution in [-0.2, 0) is 16.1 Å². The van der Waals surface area contributed by atoms with Crippen molar-refractivity contribution in [1.29, 1.82) is 5.26 Å². The number of nitro benzene ring substituents is 1. The summed E-state index contributed by atoms with van der Waals surface area (Å²) in [5.74, 6) is -1.33. The first-order chi connectivity index (χ1) is 13.9. The molecule has 1 N–H and O–H groups in total. The Morgan fingerprint density at radius 2 is 2.10 bits per heavy atom. The Hall–Kier alpha value is -4.19. The maximum absolute atomic E-state index is 12.2. The molecule has 0 unspecified atom stereocenters. The van der Waals surface area contributed by atoms with E-state index in [4.69, 9.17) is 4.74 Å². The van der Waals surface area contributed by atoms with Gasteiger partial charge in [-0.3, -0.25) is 14.9 Å². The Labute approximate surface area is 165 Å². The highest BCUT2D eigenvalue weighted by molar-refractivity contribution is 5.97. The minimum absolute atomic E-state index is 0.0595. The Balaban J connectivity index is 1.64. The van der Waals surface area contributed by atoms with E-state index in [-0.39, 0.29) is 17.9 Å². The van der Waals surface area contributed by atoms with Crippen molar-refractivity contribution in [3.05, 3.63) is 81.7 Å². The third-order valence-corrected chi connectivity index (χ3v) is 4.26. The number of nitrogens with zero attached hydrogens (tertiary/aromatic N) is 3. The van der Waals surface area contributed by atoms with Gasteiger partial charge in [-0.15, -0.1) is 0 Å². The molecule has 0 fully saturated rings. The fourth-order valence-electron chi connectivity index (χ4n) is 2.79. The first-order valence-electron chi connectivity index (χ1n) is 8.61. The highest BCUT2D eigenvalue weighted by Crippen LogP contribution is 2.19. The van der Waals surface area contributed by atoms with Crippen molar-refractivity contribution in [2.45, 2.75) is 19.6 Å². The number of pyridine rings is 1. The molecule has 146 valence electrons. The first kappa shape index (κ1) is 19.6. The lowest BCUT2D eigenvalue weighted by atomic mass is 10.1. The van der Waals surface area contributed by atoms with Crippen molar-refractivity contribution in [3.63, 3.8) is 0 Å². The van der Waals surface area contributed by atoms with Gasteiger partial charge in [0.05, 0.1) is 16.0 Å². The number of non-ortho nitro benzene ring substituents is 1. The Morgan fingerprint density at radius 3 is 2.83 bits per heavy atom. The number of benzene rings is 1. The van der Waals surface area contributed by atoms with Gasteiger partial charge in [0.15, 0.2) is 0 Å². The van der Waals surface area contributed by atoms with Gasteiger partial charge >= 0.3 is 5.97 Å². The molecule has 0 aliphatic heterocycles. The van der Waals surface area contributed by atoms with Crippen LogP contribution in [0.1, 0.15) is 28.4 Å². The van der Waals surface area contributed by atoms with Crippen LogP contribution in [0.4, 0.5) is 5.69 Å². The number of hydrogen-bond acceptors (Lipinski definition) is 6. The SMILES string of the molecule is C[C@H](NC(=O)c1cccc([N+](=O)[O-])c1)C(=O)OCc1cn2ccccc2c1C#N. The van der Waals surface area contributed by atoms with Gasteiger partial charge in [-0.25, -0.2) is 4.79 Å². The van der Waals surface area contributed by atoms with Crippen molar-refractivity contribution in [1.82, 2.24) is 9.72 Å². The highest BCUT2D eigenvalue weighted by atomic mass is 16.6. The van der Waals surface area contributed by atoms with Gasteiger partial charge < -0.3 is 14.5 Å². The Morgan fingerprint density at radius 1 is 1.31 bits per heavy atom. The highest BCUT2D eigenvalue weighted by Gasteiger charge is 2.20. The van der Waals surface area contributed by atoms with E-state index in [9.17, 15) is 25.0 Å². The van der Waals surface area contributed by atoms with E-state index in [1.807, 2.05) is 6.07 Å². The van der Waals surface area contributed by atoms with Crippen molar-refractivity contribution in [2.24, 2.45) is 0 Å². The number of ether oxygens (including phenoxy) is 1. The van der Waals surface area contributed by atoms with E-state index in [1.165, 1.54) is 25.1 Å². The topological polar surface area (TPSA) is 127 Å². The van der Waals surface area contributed by atoms with E-state index < -0.39 is 22.8 Å². The average Bonchev–Trinajstić information content (AvgIpc) is 3.09. The maximum Gasteiger partial charge on any atom is 0.328 e. The molecule has 0 aliphatic carbocycles. The summed E-state index contributed by atoms with van der Waals surface area (Å²) >= 11 is 0. The van der Waals surface area contributed by atoms with E-state index in [2.05, 4.69) is 11.4 Å². The summed E-state index contributed by atoms with van der Waals surface area (Å²) in [6.07, 6.45) is 3.48. The van der Waals surface area contributed by atoms with Gasteiger partial charge in [0.25, 0.3) is 11.6 Å². The fraction of sp³-hybridized carbons (Fsp3) is 0.150. The summed E-state index contributed by atoms with van der Waals surface area (Å²) in [4.78, 5) is 34.7. The molecule has 0 saturated heterocycles. The molecule has 0 radical (unpaired) electrons. The number of aromatic nitrogens is 1. The molecule has 29 heavy (non-hydrogen) atoms. The summed E-state index contributed by atoms with van der Waals surface area (Å²) in [5, 5.41) is 22.6. The number of esters is 1. The molecule has 2 aromatic heterocycles. The largest absolute Gasteiger partial charge is 0.459 e. The zero-order valence-corrected chi connectivity index (χ0v) is 15.4. The number of carbonyl (C=O) groups is 2. The van der Waals surface area contributed by atoms with Crippen LogP contribution < -0.4 is 5.32 Å². The predicted molar refractivity (Wildman–Crippen MR) is 102 cm³/mol. The maximum atomic E-state index is 12.2. The molecule has 0 aliphatic rings. The minimum Gasteiger partial charge on any atom is -0.459 e. The van der Waals surface area contributed by atoms with Crippen molar-refractivity contribution in [3.8, 4) is 6.07 Å². The second-order valence-electron chi connectivity index (χ2n) is 6.24. The Kier molecular flexibility index (Phi) is 5.55. The molecule has 3 aromatic rings. The Bertz CT molecular complexity index is 1150. The molecule has 3 rings (SSSR count). The quantitative estimate of drug-likeness (QED) is 0.390. The molecule has 1 aromatic carbocycles. The van der Waals surface area contributed by atoms with Gasteiger partial charge in [0, 0.05) is 35.7 Å². The van der Waals surface area contributed by atoms with E-state index >= 15 is 0 Å². The van der Waals surface area contributed by atoms with E-state index in [1.54, 1.807) is 28.9 Å². The van der Waals surface area contributed by atoms with Gasteiger partial charge in [-0.2, -0.15) is 5.26 Å². The van der Waals surface area contributed by atoms with Gasteiger partial charge in [-0.1, -0.05) is 12.1 Å². The molecule has 9 heteroatoms. The number of nitro groups is 1. The van der Waals surface area contributed by atoms with Crippen LogP contribution in [0.15, 0.2) is 54.9 Å². The number of amides is 1. The fourth-order valence-corrected chi connectivity index (χ4v) is 2.79. The summed E-state index contributed by atoms with van der Waals surface area (Å²) in [6.45, 7) is 1.32. The number of carbonyl (C=O) groups excluding carboxylic acids is 2. The predicted octanol–water partition coefficient (Wildman–Crippen LogP) is 2.58. The van der Waals surface area contributed by atoms with Crippen molar-refractivity contribution in [2.75, 3.05) is 0 Å². The monoisotopic (exact) mass is 392 g/mol. The summed E-state index contributed by atoms with van der Waals surface area (Å²) < 4.78 is 6.99. The van der Waals surface area contributed by atoms with E-state index in [0.717, 1.165) is 6.07 Å². The zero-order valence-electron chi connectivity index (χ0n) is 15.4. The normalized spacial score (nSPS) is 11.4. The molecular weight excluding hydrogens is 376 g/mol. The summed E-state index contributed by atoms with van der Waals surface area (Å²) in [7, 11) is 0. The second kappa shape index (κ2) is 8.22. The van der Waals surface area contributed by atoms with Crippen LogP contribution in [0.25, 0.3) is 5.52 Å². The molecule has 9 nitrogen and oxygen atoms in total. The summed E-state index contributed by atoms with van der Waals surface area (Å²) in [5.41, 5.74) is 1.49. The third kappa shape index (κ3) is 4.22. The minimum atomic E-state index is -0.982. The zero-order chi connectivity index (χ0) is 21.0. The molecule has 1 atom stereocenters. The number of fused-ring (bicyclic) bond motifs is 1. The molecule has 0 saturated carbocycles. The number of rotatable bonds is 6. The molecule has 0 spiro atoms. The summed E-state index contributed by atoms with van der Waals surface area (Å²) in [6, 6.07) is 11.7. The average molecular weight is 392 g/mol. The molecule has 2 heterocycles. The van der Waals surface area contributed by atoms with Crippen LogP contribution in [0.2, 0.25) is 0 Å². The third-order valence-electron chi connectivity index (χ3n) is 4.26. The van der Waals surface area contributed by atoms with Crippen LogP contribution >= 0.6 is 0 Å². The molecule has 1 amide bonds. The van der Waals surface area contributed by atoms with Crippen molar-refractivity contribution < 1.29 is 19.2 Å². The van der Waals surface area contributed by atoms with Crippen molar-refractivity contribution >= 4 is 23.1 Å². The molecular formula is C20H16N4O5. The lowest BCUT2D eigenvalue weighted by Gasteiger charge is -2.13. The van der Waals surface area contributed by atoms with E-state index in [0.29, 0.717) is 16.6 Å². The molecule has 0 bridgehead atoms. The lowest BCUT2D eigenvalue weighted by Crippen LogP contribution is -2.39. The van der Waals surface area contributed by atoms with Crippen LogP contribution in [0.3, 0.4) is 0 Å². The first-order valence-corrected chi connectivity index (χ1v) is 8.61. The van der Waals surface area contributed by atoms with Gasteiger partial charge in [0.1, 0.15) is 18.7 Å². The van der Waals surface area contributed by atoms with Crippen LogP contribution in [0, 0.1) is 21.4 Å². The number of nitriles is 1. The second-order valence-corrected chi connectivity index (χ2v) is 6.24. The number of nitrogens with one attached hydrogen (secondary N) is 1. The smallest absolute Gasteiger partial charge is 0.328 e. The number of hydrogen-bond donors (Lipinski definition) is 1. The van der Waals surface area contributed by atoms with Gasteiger partial charge in [0.2, 0.25) is 0 Å². The van der Waals surface area contributed by atoms with Crippen LogP contribution in [-0.4, -0.2) is 27.2 Å².